The predicted molar refractivity (Wildman–Crippen MR) is 210 cm³/mol. The SMILES string of the molecule is CC(CO)C(=O)O.COC(=O)C1(O)CCN(CCCOc2cccc(-c3cccc(COc4cc(OCc5cncc(C#N)c5)c(CN)cc4Cl)c3C)c2C)C1. The molecule has 5 N–H and O–H groups in total. The van der Waals surface area contributed by atoms with Gasteiger partial charge in [0.05, 0.1) is 36.8 Å². The third-order valence-electron chi connectivity index (χ3n) is 9.52. The molecule has 2 unspecified atom stereocenters. The average molecular weight is 789 g/mol. The van der Waals surface area contributed by atoms with Gasteiger partial charge in [0.2, 0.25) is 0 Å². The van der Waals surface area contributed by atoms with E-state index in [2.05, 4.69) is 41.9 Å². The van der Waals surface area contributed by atoms with Gasteiger partial charge >= 0.3 is 11.9 Å². The molecule has 0 bridgehead atoms. The van der Waals surface area contributed by atoms with Crippen molar-refractivity contribution in [1.29, 1.82) is 5.26 Å². The monoisotopic (exact) mass is 788 g/mol. The lowest BCUT2D eigenvalue weighted by Gasteiger charge is -2.21. The van der Waals surface area contributed by atoms with Crippen LogP contribution in [0.25, 0.3) is 11.1 Å². The van der Waals surface area contributed by atoms with Crippen LogP contribution in [-0.4, -0.2) is 82.7 Å². The van der Waals surface area contributed by atoms with E-state index < -0.39 is 23.5 Å². The molecular weight excluding hydrogens is 740 g/mol. The summed E-state index contributed by atoms with van der Waals surface area (Å²) in [6.45, 7) is 8.13. The molecule has 0 aliphatic carbocycles. The summed E-state index contributed by atoms with van der Waals surface area (Å²) in [6, 6.07) is 19.5. The van der Waals surface area contributed by atoms with Crippen molar-refractivity contribution in [2.75, 3.05) is 40.0 Å². The highest BCUT2D eigenvalue weighted by Gasteiger charge is 2.43. The van der Waals surface area contributed by atoms with Crippen LogP contribution in [0.15, 0.2) is 67.0 Å². The second-order valence-corrected chi connectivity index (χ2v) is 14.0. The first-order valence-corrected chi connectivity index (χ1v) is 18.5. The normalized spacial score (nSPS) is 15.6. The Bertz CT molecular complexity index is 2020. The van der Waals surface area contributed by atoms with E-state index in [0.717, 1.165) is 51.1 Å². The molecule has 3 aromatic carbocycles. The number of hydrogen-bond acceptors (Lipinski definition) is 12. The molecule has 0 spiro atoms. The third kappa shape index (κ3) is 11.4. The fourth-order valence-corrected chi connectivity index (χ4v) is 6.33. The summed E-state index contributed by atoms with van der Waals surface area (Å²) in [4.78, 5) is 27.8. The minimum absolute atomic E-state index is 0.208. The van der Waals surface area contributed by atoms with Crippen LogP contribution in [0, 0.1) is 31.1 Å². The molecule has 56 heavy (non-hydrogen) atoms. The van der Waals surface area contributed by atoms with E-state index in [-0.39, 0.29) is 32.9 Å². The van der Waals surface area contributed by atoms with Gasteiger partial charge in [-0.25, -0.2) is 4.79 Å². The van der Waals surface area contributed by atoms with Gasteiger partial charge in [0.25, 0.3) is 0 Å². The number of nitrogens with two attached hydrogens (primary N) is 1. The maximum atomic E-state index is 11.9. The van der Waals surface area contributed by atoms with Gasteiger partial charge in [-0.3, -0.25) is 14.7 Å². The number of carbonyl (C=O) groups excluding carboxylic acids is 1. The van der Waals surface area contributed by atoms with Gasteiger partial charge in [0, 0.05) is 62.2 Å². The van der Waals surface area contributed by atoms with E-state index in [1.54, 1.807) is 24.4 Å². The molecule has 5 rings (SSSR count). The quantitative estimate of drug-likeness (QED) is 0.0811. The molecule has 2 heterocycles. The molecular formula is C42H49ClN4O9. The average Bonchev–Trinajstić information content (AvgIpc) is 3.60. The van der Waals surface area contributed by atoms with Gasteiger partial charge in [-0.1, -0.05) is 41.9 Å². The number of hydrogen-bond donors (Lipinski definition) is 4. The molecule has 1 fully saturated rings. The van der Waals surface area contributed by atoms with Crippen molar-refractivity contribution in [3.8, 4) is 34.4 Å². The van der Waals surface area contributed by atoms with Crippen LogP contribution in [0.4, 0.5) is 0 Å². The first-order chi connectivity index (χ1) is 26.8. The second kappa shape index (κ2) is 20.6. The van der Waals surface area contributed by atoms with Crippen molar-refractivity contribution in [2.45, 2.75) is 59.0 Å². The first-order valence-electron chi connectivity index (χ1n) is 18.1. The van der Waals surface area contributed by atoms with Crippen molar-refractivity contribution in [3.63, 3.8) is 0 Å². The summed E-state index contributed by atoms with van der Waals surface area (Å²) in [5.74, 6) is -0.338. The standard InChI is InChI=1S/C38H41ClN4O6.C4H8O3/c1-25-29(23-49-36-17-35(30(19-41)16-33(36)39)48-22-28-15-27(18-40)20-42-21-28)7-4-8-31(25)32-9-5-10-34(26(32)2)47-14-6-12-43-13-11-38(45,24-43)37(44)46-3;1-3(2-5)4(6)7/h4-5,7-10,15-17,20-21,45H,6,11-14,19,22-24,41H2,1-3H3;3,5H,2H2,1H3,(H,6,7). The number of aliphatic hydroxyl groups is 2. The number of likely N-dealkylation sites (tertiary alicyclic amines) is 1. The Hall–Kier alpha value is -5.23. The van der Waals surface area contributed by atoms with Crippen LogP contribution in [0.1, 0.15) is 53.1 Å². The van der Waals surface area contributed by atoms with Gasteiger partial charge in [0.15, 0.2) is 5.60 Å². The zero-order chi connectivity index (χ0) is 40.8. The van der Waals surface area contributed by atoms with Gasteiger partial charge in [-0.2, -0.15) is 5.26 Å². The number of ether oxygens (including phenoxy) is 4. The fraction of sp³-hybridized carbons (Fsp3) is 0.381. The number of carbonyl (C=O) groups is 2. The van der Waals surface area contributed by atoms with Gasteiger partial charge < -0.3 is 40.0 Å². The number of carboxylic acid groups (broad SMARTS) is 1. The third-order valence-corrected chi connectivity index (χ3v) is 9.82. The van der Waals surface area contributed by atoms with Crippen LogP contribution < -0.4 is 19.9 Å². The number of pyridine rings is 1. The highest BCUT2D eigenvalue weighted by atomic mass is 35.5. The van der Waals surface area contributed by atoms with E-state index in [4.69, 9.17) is 46.5 Å². The Morgan fingerprint density at radius 3 is 2.38 bits per heavy atom. The smallest absolute Gasteiger partial charge is 0.339 e. The number of nitriles is 1. The maximum absolute atomic E-state index is 11.9. The summed E-state index contributed by atoms with van der Waals surface area (Å²) < 4.78 is 23.3. The number of carboxylic acids is 1. The zero-order valence-electron chi connectivity index (χ0n) is 32.1. The molecule has 0 saturated carbocycles. The van der Waals surface area contributed by atoms with Crippen molar-refractivity contribution in [1.82, 2.24) is 9.88 Å². The van der Waals surface area contributed by atoms with E-state index in [0.29, 0.717) is 48.2 Å². The molecule has 14 heteroatoms. The number of aromatic nitrogens is 1. The Morgan fingerprint density at radius 1 is 1.00 bits per heavy atom. The number of benzene rings is 3. The molecule has 1 aliphatic rings. The van der Waals surface area contributed by atoms with E-state index >= 15 is 0 Å². The number of β-amino-alcohol motifs (C(OH)–C–C–N with tert-alkyl or cyclic N) is 1. The van der Waals surface area contributed by atoms with Gasteiger partial charge in [0.1, 0.15) is 36.5 Å². The largest absolute Gasteiger partial charge is 0.493 e. The van der Waals surface area contributed by atoms with Crippen LogP contribution in [-0.2, 0) is 34.1 Å². The Labute approximate surface area is 332 Å². The number of esters is 1. The number of aliphatic hydroxyl groups excluding tert-OH is 1. The fourth-order valence-electron chi connectivity index (χ4n) is 6.09. The van der Waals surface area contributed by atoms with Crippen LogP contribution in [0.2, 0.25) is 5.02 Å². The number of halogens is 1. The Balaban J connectivity index is 0.000000908. The van der Waals surface area contributed by atoms with Gasteiger partial charge in [-0.15, -0.1) is 0 Å². The van der Waals surface area contributed by atoms with Crippen molar-refractivity contribution in [3.05, 3.63) is 105 Å². The maximum Gasteiger partial charge on any atom is 0.339 e. The second-order valence-electron chi connectivity index (χ2n) is 13.6. The Morgan fingerprint density at radius 2 is 1.71 bits per heavy atom. The van der Waals surface area contributed by atoms with Crippen molar-refractivity contribution < 1.29 is 43.9 Å². The molecule has 2 atom stereocenters. The summed E-state index contributed by atoms with van der Waals surface area (Å²) in [5.41, 5.74) is 11.7. The molecule has 1 aliphatic heterocycles. The number of aliphatic carboxylic acids is 1. The lowest BCUT2D eigenvalue weighted by atomic mass is 9.93. The minimum atomic E-state index is -1.43. The highest BCUT2D eigenvalue weighted by Crippen LogP contribution is 2.36. The van der Waals surface area contributed by atoms with E-state index in [1.165, 1.54) is 20.2 Å². The van der Waals surface area contributed by atoms with Crippen molar-refractivity contribution in [2.24, 2.45) is 11.7 Å². The Kier molecular flexibility index (Phi) is 16.0. The summed E-state index contributed by atoms with van der Waals surface area (Å²) in [5, 5.41) is 36.3. The van der Waals surface area contributed by atoms with Crippen LogP contribution in [0.3, 0.4) is 0 Å². The zero-order valence-corrected chi connectivity index (χ0v) is 32.8. The lowest BCUT2D eigenvalue weighted by molar-refractivity contribution is -0.160. The first kappa shape index (κ1) is 43.5. The molecule has 1 aromatic heterocycles. The summed E-state index contributed by atoms with van der Waals surface area (Å²) >= 11 is 6.60. The minimum Gasteiger partial charge on any atom is -0.493 e. The molecule has 1 saturated heterocycles. The number of methoxy groups -OCH3 is 1. The van der Waals surface area contributed by atoms with Crippen LogP contribution in [0.5, 0.6) is 17.2 Å². The van der Waals surface area contributed by atoms with E-state index in [1.807, 2.05) is 24.3 Å². The summed E-state index contributed by atoms with van der Waals surface area (Å²) in [6.07, 6.45) is 4.27. The van der Waals surface area contributed by atoms with Crippen LogP contribution >= 0.6 is 11.6 Å². The summed E-state index contributed by atoms with van der Waals surface area (Å²) in [7, 11) is 1.30. The number of rotatable bonds is 16. The number of nitrogens with zero attached hydrogens (tertiary/aromatic N) is 3. The van der Waals surface area contributed by atoms with Crippen molar-refractivity contribution >= 4 is 23.5 Å². The molecule has 4 aromatic rings. The molecule has 298 valence electrons. The molecule has 0 radical (unpaired) electrons. The molecule has 13 nitrogen and oxygen atoms in total. The topological polar surface area (TPSA) is 198 Å². The molecule has 0 amide bonds. The predicted octanol–water partition coefficient (Wildman–Crippen LogP) is 5.59. The lowest BCUT2D eigenvalue weighted by Crippen LogP contribution is -2.42. The van der Waals surface area contributed by atoms with E-state index in [9.17, 15) is 20.0 Å². The highest BCUT2D eigenvalue weighted by molar-refractivity contribution is 6.32. The van der Waals surface area contributed by atoms with Gasteiger partial charge in [-0.05, 0) is 73.2 Å².